The van der Waals surface area contributed by atoms with Crippen molar-refractivity contribution in [2.75, 3.05) is 24.2 Å². The maximum absolute atomic E-state index is 4.50. The minimum atomic E-state index is 0.271. The predicted octanol–water partition coefficient (Wildman–Crippen LogP) is 3.58. The SMILES string of the molecule is CCC(C)(C)CNc1nc(NC)nc2sccc12. The largest absolute Gasteiger partial charge is 0.369 e. The molecule has 0 saturated carbocycles. The van der Waals surface area contributed by atoms with Crippen molar-refractivity contribution in [3.05, 3.63) is 11.4 Å². The van der Waals surface area contributed by atoms with E-state index in [1.807, 2.05) is 7.05 Å². The Morgan fingerprint density at radius 3 is 2.78 bits per heavy atom. The van der Waals surface area contributed by atoms with E-state index in [-0.39, 0.29) is 5.41 Å². The maximum atomic E-state index is 4.50. The van der Waals surface area contributed by atoms with Crippen LogP contribution in [0.5, 0.6) is 0 Å². The number of hydrogen-bond acceptors (Lipinski definition) is 5. The van der Waals surface area contributed by atoms with E-state index in [2.05, 4.69) is 52.8 Å². The lowest BCUT2D eigenvalue weighted by Crippen LogP contribution is -2.22. The molecule has 18 heavy (non-hydrogen) atoms. The van der Waals surface area contributed by atoms with E-state index in [0.717, 1.165) is 29.0 Å². The Balaban J connectivity index is 2.28. The molecule has 2 N–H and O–H groups in total. The van der Waals surface area contributed by atoms with Gasteiger partial charge in [0.15, 0.2) is 0 Å². The third kappa shape index (κ3) is 2.72. The first-order valence-corrected chi connectivity index (χ1v) is 7.10. The molecule has 0 aliphatic heterocycles. The Kier molecular flexibility index (Phi) is 3.71. The number of hydrogen-bond donors (Lipinski definition) is 2. The minimum Gasteiger partial charge on any atom is -0.369 e. The normalized spacial score (nSPS) is 11.8. The van der Waals surface area contributed by atoms with E-state index < -0.39 is 0 Å². The molecule has 0 fully saturated rings. The zero-order valence-electron chi connectivity index (χ0n) is 11.4. The van der Waals surface area contributed by atoms with E-state index in [4.69, 9.17) is 0 Å². The van der Waals surface area contributed by atoms with Crippen molar-refractivity contribution in [3.63, 3.8) is 0 Å². The van der Waals surface area contributed by atoms with Crippen LogP contribution >= 0.6 is 11.3 Å². The van der Waals surface area contributed by atoms with Crippen LogP contribution in [0.2, 0.25) is 0 Å². The summed E-state index contributed by atoms with van der Waals surface area (Å²) in [6.07, 6.45) is 1.14. The van der Waals surface area contributed by atoms with Crippen LogP contribution in [0.15, 0.2) is 11.4 Å². The van der Waals surface area contributed by atoms with E-state index in [1.54, 1.807) is 11.3 Å². The van der Waals surface area contributed by atoms with Crippen LogP contribution in [0.4, 0.5) is 11.8 Å². The van der Waals surface area contributed by atoms with Gasteiger partial charge in [0, 0.05) is 13.6 Å². The summed E-state index contributed by atoms with van der Waals surface area (Å²) in [6.45, 7) is 7.63. The minimum absolute atomic E-state index is 0.271. The van der Waals surface area contributed by atoms with Crippen LogP contribution in [0.25, 0.3) is 10.2 Å². The highest BCUT2D eigenvalue weighted by Crippen LogP contribution is 2.28. The van der Waals surface area contributed by atoms with Gasteiger partial charge in [0.2, 0.25) is 5.95 Å². The van der Waals surface area contributed by atoms with Crippen LogP contribution in [-0.2, 0) is 0 Å². The monoisotopic (exact) mass is 264 g/mol. The second kappa shape index (κ2) is 5.10. The van der Waals surface area contributed by atoms with Gasteiger partial charge < -0.3 is 10.6 Å². The molecule has 0 amide bonds. The molecule has 0 aromatic carbocycles. The fourth-order valence-corrected chi connectivity index (χ4v) is 2.31. The molecule has 0 atom stereocenters. The van der Waals surface area contributed by atoms with Crippen LogP contribution in [-0.4, -0.2) is 23.6 Å². The molecule has 0 radical (unpaired) electrons. The Morgan fingerprint density at radius 2 is 2.11 bits per heavy atom. The van der Waals surface area contributed by atoms with Crippen molar-refractivity contribution in [2.45, 2.75) is 27.2 Å². The standard InChI is InChI=1S/C13H20N4S/c1-5-13(2,3)8-15-10-9-6-7-18-11(9)17-12(14-4)16-10/h6-7H,5,8H2,1-4H3,(H2,14,15,16,17). The summed E-state index contributed by atoms with van der Waals surface area (Å²) in [5.74, 6) is 1.59. The van der Waals surface area contributed by atoms with Gasteiger partial charge in [-0.3, -0.25) is 0 Å². The highest BCUT2D eigenvalue weighted by atomic mass is 32.1. The van der Waals surface area contributed by atoms with Crippen molar-refractivity contribution in [1.82, 2.24) is 9.97 Å². The molecule has 4 nitrogen and oxygen atoms in total. The number of fused-ring (bicyclic) bond motifs is 1. The second-order valence-corrected chi connectivity index (χ2v) is 6.05. The van der Waals surface area contributed by atoms with E-state index in [0.29, 0.717) is 5.95 Å². The lowest BCUT2D eigenvalue weighted by molar-refractivity contribution is 0.376. The van der Waals surface area contributed by atoms with Gasteiger partial charge in [0.25, 0.3) is 0 Å². The second-order valence-electron chi connectivity index (χ2n) is 5.16. The summed E-state index contributed by atoms with van der Waals surface area (Å²) in [7, 11) is 1.84. The van der Waals surface area contributed by atoms with Gasteiger partial charge in [0.05, 0.1) is 5.39 Å². The molecule has 2 heterocycles. The molecular weight excluding hydrogens is 244 g/mol. The van der Waals surface area contributed by atoms with Gasteiger partial charge >= 0.3 is 0 Å². The van der Waals surface area contributed by atoms with Crippen molar-refractivity contribution < 1.29 is 0 Å². The summed E-state index contributed by atoms with van der Waals surface area (Å²) in [5, 5.41) is 9.61. The molecule has 0 bridgehead atoms. The van der Waals surface area contributed by atoms with Gasteiger partial charge in [-0.05, 0) is 23.3 Å². The number of nitrogens with one attached hydrogen (secondary N) is 2. The summed E-state index contributed by atoms with van der Waals surface area (Å²) in [6, 6.07) is 2.07. The van der Waals surface area contributed by atoms with Gasteiger partial charge in [-0.1, -0.05) is 20.8 Å². The zero-order chi connectivity index (χ0) is 13.2. The molecule has 2 rings (SSSR count). The molecule has 0 aliphatic carbocycles. The summed E-state index contributed by atoms with van der Waals surface area (Å²) in [4.78, 5) is 9.96. The molecule has 0 unspecified atom stereocenters. The first-order chi connectivity index (χ1) is 8.55. The van der Waals surface area contributed by atoms with Crippen LogP contribution in [0.3, 0.4) is 0 Å². The Hall–Kier alpha value is -1.36. The van der Waals surface area contributed by atoms with Crippen molar-refractivity contribution in [1.29, 1.82) is 0 Å². The lowest BCUT2D eigenvalue weighted by Gasteiger charge is -2.23. The Labute approximate surface area is 112 Å². The quantitative estimate of drug-likeness (QED) is 0.866. The van der Waals surface area contributed by atoms with Crippen LogP contribution in [0, 0.1) is 5.41 Å². The molecule has 2 aromatic heterocycles. The van der Waals surface area contributed by atoms with E-state index in [9.17, 15) is 0 Å². The predicted molar refractivity (Wildman–Crippen MR) is 79.5 cm³/mol. The number of rotatable bonds is 5. The third-order valence-corrected chi connectivity index (χ3v) is 4.05. The van der Waals surface area contributed by atoms with Gasteiger partial charge in [-0.15, -0.1) is 11.3 Å². The van der Waals surface area contributed by atoms with Crippen molar-refractivity contribution in [2.24, 2.45) is 5.41 Å². The molecule has 0 spiro atoms. The van der Waals surface area contributed by atoms with Gasteiger partial charge in [0.1, 0.15) is 10.6 Å². The fourth-order valence-electron chi connectivity index (χ4n) is 1.55. The van der Waals surface area contributed by atoms with Crippen LogP contribution in [0.1, 0.15) is 27.2 Å². The highest BCUT2D eigenvalue weighted by molar-refractivity contribution is 7.16. The highest BCUT2D eigenvalue weighted by Gasteiger charge is 2.16. The number of nitrogens with zero attached hydrogens (tertiary/aromatic N) is 2. The molecule has 0 saturated heterocycles. The average molecular weight is 264 g/mol. The molecule has 5 heteroatoms. The number of aromatic nitrogens is 2. The lowest BCUT2D eigenvalue weighted by atomic mass is 9.90. The number of anilines is 2. The molecule has 2 aromatic rings. The smallest absolute Gasteiger partial charge is 0.225 e. The Bertz CT molecular complexity index is 533. The maximum Gasteiger partial charge on any atom is 0.225 e. The first kappa shape index (κ1) is 13.1. The van der Waals surface area contributed by atoms with Gasteiger partial charge in [-0.25, -0.2) is 4.98 Å². The zero-order valence-corrected chi connectivity index (χ0v) is 12.2. The summed E-state index contributed by atoms with van der Waals surface area (Å²) in [5.41, 5.74) is 0.271. The first-order valence-electron chi connectivity index (χ1n) is 6.22. The Morgan fingerprint density at radius 1 is 1.33 bits per heavy atom. The third-order valence-electron chi connectivity index (χ3n) is 3.24. The van der Waals surface area contributed by atoms with E-state index >= 15 is 0 Å². The number of thiophene rings is 1. The topological polar surface area (TPSA) is 49.8 Å². The molecule has 98 valence electrons. The average Bonchev–Trinajstić information content (AvgIpc) is 2.84. The molecule has 0 aliphatic rings. The molecular formula is C13H20N4S. The summed E-state index contributed by atoms with van der Waals surface area (Å²) < 4.78 is 0. The van der Waals surface area contributed by atoms with E-state index in [1.165, 1.54) is 0 Å². The van der Waals surface area contributed by atoms with Crippen molar-refractivity contribution >= 4 is 33.3 Å². The van der Waals surface area contributed by atoms with Crippen LogP contribution < -0.4 is 10.6 Å². The summed E-state index contributed by atoms with van der Waals surface area (Å²) >= 11 is 1.64. The van der Waals surface area contributed by atoms with Crippen molar-refractivity contribution in [3.8, 4) is 0 Å². The fraction of sp³-hybridized carbons (Fsp3) is 0.538. The van der Waals surface area contributed by atoms with Gasteiger partial charge in [-0.2, -0.15) is 4.98 Å².